The predicted octanol–water partition coefficient (Wildman–Crippen LogP) is 1.51. The van der Waals surface area contributed by atoms with Crippen molar-refractivity contribution in [2.75, 3.05) is 5.75 Å². The zero-order valence-corrected chi connectivity index (χ0v) is 12.7. The summed E-state index contributed by atoms with van der Waals surface area (Å²) in [6, 6.07) is -0.600. The first-order valence-corrected chi connectivity index (χ1v) is 7.80. The van der Waals surface area contributed by atoms with Crippen LogP contribution in [-0.2, 0) is 9.59 Å². The highest BCUT2D eigenvalue weighted by Gasteiger charge is 2.42. The second-order valence-electron chi connectivity index (χ2n) is 5.49. The molecule has 1 rings (SSSR count). The Morgan fingerprint density at radius 3 is 2.53 bits per heavy atom. The van der Waals surface area contributed by atoms with Crippen LogP contribution in [0.3, 0.4) is 0 Å². The lowest BCUT2D eigenvalue weighted by Crippen LogP contribution is -2.47. The number of carbonyl (C=O) groups is 2. The smallest absolute Gasteiger partial charge is 0.327 e. The number of nitrogens with two attached hydrogens (primary N) is 1. The van der Waals surface area contributed by atoms with Crippen molar-refractivity contribution in [3.8, 4) is 0 Å². The Kier molecular flexibility index (Phi) is 6.13. The highest BCUT2D eigenvalue weighted by atomic mass is 32.2. The maximum Gasteiger partial charge on any atom is 0.327 e. The molecule has 1 aliphatic rings. The molecule has 19 heavy (non-hydrogen) atoms. The molecule has 0 spiro atoms. The van der Waals surface area contributed by atoms with Crippen LogP contribution in [0.5, 0.6) is 0 Å². The normalized spacial score (nSPS) is 24.8. The van der Waals surface area contributed by atoms with Gasteiger partial charge in [0.1, 0.15) is 6.04 Å². The zero-order valence-electron chi connectivity index (χ0n) is 11.8. The molecule has 110 valence electrons. The number of amides is 1. The van der Waals surface area contributed by atoms with Crippen molar-refractivity contribution >= 4 is 23.6 Å². The van der Waals surface area contributed by atoms with Gasteiger partial charge in [-0.1, -0.05) is 13.8 Å². The number of rotatable bonds is 6. The van der Waals surface area contributed by atoms with E-state index in [2.05, 4.69) is 0 Å². The monoisotopic (exact) mass is 288 g/mol. The molecule has 0 aliphatic carbocycles. The average molecular weight is 288 g/mol. The number of hydrogen-bond acceptors (Lipinski definition) is 4. The first-order valence-electron chi connectivity index (χ1n) is 6.75. The molecule has 5 nitrogen and oxygen atoms in total. The lowest BCUT2D eigenvalue weighted by atomic mass is 10.1. The molecule has 3 N–H and O–H groups in total. The minimum Gasteiger partial charge on any atom is -0.480 e. The van der Waals surface area contributed by atoms with E-state index in [-0.39, 0.29) is 23.2 Å². The highest BCUT2D eigenvalue weighted by molar-refractivity contribution is 8.00. The maximum absolute atomic E-state index is 12.3. The average Bonchev–Trinajstić information content (AvgIpc) is 2.72. The number of hydrogen-bond donors (Lipinski definition) is 2. The van der Waals surface area contributed by atoms with Crippen molar-refractivity contribution < 1.29 is 14.7 Å². The van der Waals surface area contributed by atoms with E-state index in [0.717, 1.165) is 12.8 Å². The van der Waals surface area contributed by atoms with E-state index < -0.39 is 12.0 Å². The molecule has 0 aromatic carbocycles. The van der Waals surface area contributed by atoms with Crippen molar-refractivity contribution in [3.63, 3.8) is 0 Å². The van der Waals surface area contributed by atoms with Gasteiger partial charge in [-0.2, -0.15) is 0 Å². The van der Waals surface area contributed by atoms with Gasteiger partial charge in [-0.05, 0) is 25.7 Å². The summed E-state index contributed by atoms with van der Waals surface area (Å²) in [5.74, 6) is -0.225. The van der Waals surface area contributed by atoms with Gasteiger partial charge in [-0.3, -0.25) is 4.79 Å². The van der Waals surface area contributed by atoms with Crippen molar-refractivity contribution in [1.82, 2.24) is 4.90 Å². The summed E-state index contributed by atoms with van der Waals surface area (Å²) in [5.41, 5.74) is 5.66. The Labute approximate surface area is 118 Å². The van der Waals surface area contributed by atoms with E-state index >= 15 is 0 Å². The van der Waals surface area contributed by atoms with E-state index in [1.165, 1.54) is 0 Å². The van der Waals surface area contributed by atoms with Gasteiger partial charge in [-0.15, -0.1) is 11.8 Å². The van der Waals surface area contributed by atoms with Gasteiger partial charge >= 0.3 is 5.97 Å². The molecule has 1 fully saturated rings. The molecule has 1 aliphatic heterocycles. The first kappa shape index (κ1) is 16.3. The van der Waals surface area contributed by atoms with Crippen LogP contribution in [0.25, 0.3) is 0 Å². The molecule has 3 unspecified atom stereocenters. The largest absolute Gasteiger partial charge is 0.480 e. The van der Waals surface area contributed by atoms with Crippen LogP contribution in [-0.4, -0.2) is 45.1 Å². The number of thioether (sulfide) groups is 1. The Bertz CT molecular complexity index is 334. The summed E-state index contributed by atoms with van der Waals surface area (Å²) in [7, 11) is 0. The van der Waals surface area contributed by atoms with Crippen LogP contribution in [0.2, 0.25) is 0 Å². The summed E-state index contributed by atoms with van der Waals surface area (Å²) in [4.78, 5) is 25.1. The Balaban J connectivity index is 2.67. The van der Waals surface area contributed by atoms with Gasteiger partial charge in [-0.25, -0.2) is 4.79 Å². The third-order valence-electron chi connectivity index (χ3n) is 3.23. The molecule has 1 amide bonds. The number of carboxylic acid groups (broad SMARTS) is 1. The maximum atomic E-state index is 12.3. The van der Waals surface area contributed by atoms with Gasteiger partial charge < -0.3 is 15.7 Å². The lowest BCUT2D eigenvalue weighted by Gasteiger charge is -2.29. The predicted molar refractivity (Wildman–Crippen MR) is 76.9 cm³/mol. The van der Waals surface area contributed by atoms with Crippen molar-refractivity contribution in [2.24, 2.45) is 11.7 Å². The van der Waals surface area contributed by atoms with Gasteiger partial charge in [0.15, 0.2) is 0 Å². The van der Waals surface area contributed by atoms with Gasteiger partial charge in [0.05, 0.1) is 5.37 Å². The summed E-state index contributed by atoms with van der Waals surface area (Å²) in [5, 5.41) is 9.19. The fourth-order valence-electron chi connectivity index (χ4n) is 2.25. The third kappa shape index (κ3) is 4.38. The van der Waals surface area contributed by atoms with E-state index in [1.807, 2.05) is 20.8 Å². The molecule has 0 saturated carbocycles. The second kappa shape index (κ2) is 7.14. The minimum absolute atomic E-state index is 0.0242. The fourth-order valence-corrected chi connectivity index (χ4v) is 3.74. The molecule has 0 radical (unpaired) electrons. The fraction of sp³-hybridized carbons (Fsp3) is 0.846. The van der Waals surface area contributed by atoms with Crippen LogP contribution in [0.4, 0.5) is 0 Å². The minimum atomic E-state index is -0.906. The van der Waals surface area contributed by atoms with Crippen LogP contribution in [0.1, 0.15) is 40.0 Å². The van der Waals surface area contributed by atoms with E-state index in [0.29, 0.717) is 12.2 Å². The standard InChI is InChI=1S/C13H24N2O3S/c1-8(2)12-15(10(7-19-12)13(17)18)11(16)6-4-5-9(3)14/h8-10,12H,4-7,14H2,1-3H3,(H,17,18). The summed E-state index contributed by atoms with van der Waals surface area (Å²) >= 11 is 1.56. The molecular weight excluding hydrogens is 264 g/mol. The SMILES string of the molecule is CC(N)CCCC(=O)N1C(C(=O)O)CSC1C(C)C. The molecule has 6 heteroatoms. The molecule has 3 atom stereocenters. The zero-order chi connectivity index (χ0) is 14.6. The quantitative estimate of drug-likeness (QED) is 0.774. The number of nitrogens with zero attached hydrogens (tertiary/aromatic N) is 1. The summed E-state index contributed by atoms with van der Waals surface area (Å²) < 4.78 is 0. The molecule has 0 aromatic rings. The first-order chi connectivity index (χ1) is 8.84. The topological polar surface area (TPSA) is 83.6 Å². The number of carbonyl (C=O) groups excluding carboxylic acids is 1. The van der Waals surface area contributed by atoms with Crippen LogP contribution >= 0.6 is 11.8 Å². The summed E-state index contributed by atoms with van der Waals surface area (Å²) in [6.45, 7) is 5.95. The van der Waals surface area contributed by atoms with Crippen LogP contribution < -0.4 is 5.73 Å². The van der Waals surface area contributed by atoms with Crippen molar-refractivity contribution in [1.29, 1.82) is 0 Å². The molecule has 1 heterocycles. The number of aliphatic carboxylic acids is 1. The van der Waals surface area contributed by atoms with E-state index in [4.69, 9.17) is 5.73 Å². The van der Waals surface area contributed by atoms with Crippen molar-refractivity contribution in [3.05, 3.63) is 0 Å². The van der Waals surface area contributed by atoms with Crippen LogP contribution in [0.15, 0.2) is 0 Å². The van der Waals surface area contributed by atoms with Gasteiger partial charge in [0, 0.05) is 18.2 Å². The lowest BCUT2D eigenvalue weighted by molar-refractivity contribution is -0.149. The Morgan fingerprint density at radius 1 is 1.42 bits per heavy atom. The van der Waals surface area contributed by atoms with Crippen molar-refractivity contribution in [2.45, 2.75) is 57.5 Å². The molecule has 0 bridgehead atoms. The second-order valence-corrected chi connectivity index (χ2v) is 6.64. The molecular formula is C13H24N2O3S. The van der Waals surface area contributed by atoms with E-state index in [9.17, 15) is 14.7 Å². The van der Waals surface area contributed by atoms with Gasteiger partial charge in [0.2, 0.25) is 5.91 Å². The molecule has 0 aromatic heterocycles. The van der Waals surface area contributed by atoms with Gasteiger partial charge in [0.25, 0.3) is 0 Å². The molecule has 1 saturated heterocycles. The Hall–Kier alpha value is -0.750. The summed E-state index contributed by atoms with van der Waals surface area (Å²) in [6.07, 6.45) is 1.89. The van der Waals surface area contributed by atoms with Crippen LogP contribution in [0, 0.1) is 5.92 Å². The Morgan fingerprint density at radius 2 is 2.05 bits per heavy atom. The van der Waals surface area contributed by atoms with E-state index in [1.54, 1.807) is 16.7 Å². The highest BCUT2D eigenvalue weighted by Crippen LogP contribution is 2.34. The third-order valence-corrected chi connectivity index (χ3v) is 4.85. The number of carboxylic acids is 1.